The van der Waals surface area contributed by atoms with Crippen molar-refractivity contribution in [3.05, 3.63) is 52.3 Å². The van der Waals surface area contributed by atoms with E-state index >= 15 is 0 Å². The number of thiazole rings is 1. The van der Waals surface area contributed by atoms with Crippen molar-refractivity contribution in [3.63, 3.8) is 0 Å². The van der Waals surface area contributed by atoms with Gasteiger partial charge in [-0.15, -0.1) is 22.7 Å². The Morgan fingerprint density at radius 3 is 2.67 bits per heavy atom. The van der Waals surface area contributed by atoms with Crippen LogP contribution in [0, 0.1) is 6.92 Å². The van der Waals surface area contributed by atoms with E-state index in [4.69, 9.17) is 0 Å². The molecule has 0 fully saturated rings. The van der Waals surface area contributed by atoms with Gasteiger partial charge in [-0.3, -0.25) is 4.79 Å². The van der Waals surface area contributed by atoms with Crippen LogP contribution in [0.2, 0.25) is 0 Å². The Morgan fingerprint density at radius 1 is 1.21 bits per heavy atom. The zero-order valence-corrected chi connectivity index (χ0v) is 15.4. The van der Waals surface area contributed by atoms with Crippen molar-refractivity contribution in [2.24, 2.45) is 0 Å². The summed E-state index contributed by atoms with van der Waals surface area (Å²) in [7, 11) is -3.32. The fourth-order valence-corrected chi connectivity index (χ4v) is 4.53. The van der Waals surface area contributed by atoms with E-state index in [1.807, 2.05) is 17.5 Å². The van der Waals surface area contributed by atoms with Crippen LogP contribution in [0.1, 0.15) is 15.4 Å². The molecule has 24 heavy (non-hydrogen) atoms. The first-order valence-corrected chi connectivity index (χ1v) is 10.6. The molecule has 5 nitrogen and oxygen atoms in total. The highest BCUT2D eigenvalue weighted by molar-refractivity contribution is 7.90. The van der Waals surface area contributed by atoms with Crippen LogP contribution in [0.15, 0.2) is 46.7 Å². The number of rotatable bonds is 4. The number of hydrogen-bond acceptors (Lipinski definition) is 6. The minimum Gasteiger partial charge on any atom is -0.321 e. The van der Waals surface area contributed by atoms with Gasteiger partial charge in [-0.2, -0.15) is 0 Å². The molecule has 0 aliphatic carbocycles. The summed E-state index contributed by atoms with van der Waals surface area (Å²) >= 11 is 2.89. The van der Waals surface area contributed by atoms with Gasteiger partial charge in [0.2, 0.25) is 0 Å². The summed E-state index contributed by atoms with van der Waals surface area (Å²) in [5.41, 5.74) is 1.09. The molecule has 0 spiro atoms. The number of carbonyl (C=O) groups is 1. The van der Waals surface area contributed by atoms with E-state index in [9.17, 15) is 13.2 Å². The highest BCUT2D eigenvalue weighted by atomic mass is 32.2. The number of hydrogen-bond donors (Lipinski definition) is 1. The number of aryl methyl sites for hydroxylation is 1. The van der Waals surface area contributed by atoms with E-state index in [0.29, 0.717) is 16.3 Å². The Hall–Kier alpha value is -2.03. The van der Waals surface area contributed by atoms with Crippen molar-refractivity contribution < 1.29 is 13.2 Å². The largest absolute Gasteiger partial charge is 0.321 e. The fourth-order valence-electron chi connectivity index (χ4n) is 2.11. The Morgan fingerprint density at radius 2 is 2.00 bits per heavy atom. The quantitative estimate of drug-likeness (QED) is 0.748. The van der Waals surface area contributed by atoms with Crippen LogP contribution < -0.4 is 5.32 Å². The number of benzene rings is 1. The second kappa shape index (κ2) is 6.46. The molecule has 1 amide bonds. The van der Waals surface area contributed by atoms with E-state index in [1.165, 1.54) is 23.5 Å². The number of amides is 1. The van der Waals surface area contributed by atoms with Crippen molar-refractivity contribution in [2.45, 2.75) is 11.8 Å². The van der Waals surface area contributed by atoms with Crippen molar-refractivity contribution in [1.29, 1.82) is 0 Å². The molecular weight excluding hydrogens is 364 g/mol. The van der Waals surface area contributed by atoms with Gasteiger partial charge < -0.3 is 5.32 Å². The van der Waals surface area contributed by atoms with Crippen molar-refractivity contribution in [3.8, 4) is 9.88 Å². The molecule has 0 aliphatic rings. The van der Waals surface area contributed by atoms with E-state index in [0.717, 1.165) is 16.1 Å². The third-order valence-electron chi connectivity index (χ3n) is 3.25. The molecule has 0 saturated heterocycles. The van der Waals surface area contributed by atoms with Gasteiger partial charge in [0.05, 0.1) is 15.5 Å². The topological polar surface area (TPSA) is 76.1 Å². The number of carbonyl (C=O) groups excluding carboxylic acids is 1. The highest BCUT2D eigenvalue weighted by Gasteiger charge is 2.17. The van der Waals surface area contributed by atoms with Crippen LogP contribution in [0.25, 0.3) is 9.88 Å². The Labute approximate surface area is 147 Å². The summed E-state index contributed by atoms with van der Waals surface area (Å²) in [6.45, 7) is 1.79. The molecule has 3 aromatic rings. The molecule has 2 heterocycles. The van der Waals surface area contributed by atoms with Crippen LogP contribution in [0.4, 0.5) is 5.69 Å². The second-order valence-electron chi connectivity index (χ2n) is 5.16. The van der Waals surface area contributed by atoms with Crippen molar-refractivity contribution >= 4 is 44.1 Å². The molecule has 8 heteroatoms. The molecule has 1 N–H and O–H groups in total. The number of nitrogens with one attached hydrogen (secondary N) is 1. The van der Waals surface area contributed by atoms with Gasteiger partial charge in [-0.1, -0.05) is 12.1 Å². The molecule has 0 unspecified atom stereocenters. The maximum absolute atomic E-state index is 12.5. The smallest absolute Gasteiger partial charge is 0.267 e. The van der Waals surface area contributed by atoms with Crippen LogP contribution in [-0.2, 0) is 9.84 Å². The molecule has 0 saturated carbocycles. The lowest BCUT2D eigenvalue weighted by Gasteiger charge is -2.06. The minimum atomic E-state index is -3.32. The van der Waals surface area contributed by atoms with Crippen LogP contribution in [0.3, 0.4) is 0 Å². The normalized spacial score (nSPS) is 11.4. The van der Waals surface area contributed by atoms with Gasteiger partial charge in [0.25, 0.3) is 5.91 Å². The molecule has 1 aromatic carbocycles. The standard InChI is InChI=1S/C16H14N2O3S3/c1-10-14(23-16(17-10)13-7-4-8-22-13)15(19)18-11-5-3-6-12(9-11)24(2,20)21/h3-9H,1-2H3,(H,18,19). The number of thiophene rings is 1. The minimum absolute atomic E-state index is 0.167. The first-order chi connectivity index (χ1) is 11.3. The summed E-state index contributed by atoms with van der Waals surface area (Å²) < 4.78 is 23.2. The molecule has 0 radical (unpaired) electrons. The van der Waals surface area contributed by atoms with E-state index in [1.54, 1.807) is 30.4 Å². The lowest BCUT2D eigenvalue weighted by Crippen LogP contribution is -2.12. The van der Waals surface area contributed by atoms with Crippen LogP contribution >= 0.6 is 22.7 Å². The number of sulfone groups is 1. The summed E-state index contributed by atoms with van der Waals surface area (Å²) in [5, 5.41) is 5.50. The summed E-state index contributed by atoms with van der Waals surface area (Å²) in [5.74, 6) is -0.293. The first kappa shape index (κ1) is 16.8. The summed E-state index contributed by atoms with van der Waals surface area (Å²) in [6.07, 6.45) is 1.13. The zero-order chi connectivity index (χ0) is 17.3. The van der Waals surface area contributed by atoms with E-state index in [-0.39, 0.29) is 10.8 Å². The van der Waals surface area contributed by atoms with Gasteiger partial charge in [0, 0.05) is 11.9 Å². The van der Waals surface area contributed by atoms with E-state index in [2.05, 4.69) is 10.3 Å². The van der Waals surface area contributed by atoms with Gasteiger partial charge in [-0.25, -0.2) is 13.4 Å². The second-order valence-corrected chi connectivity index (χ2v) is 9.13. The monoisotopic (exact) mass is 378 g/mol. The molecule has 3 rings (SSSR count). The molecular formula is C16H14N2O3S3. The Kier molecular flexibility index (Phi) is 4.53. The predicted octanol–water partition coefficient (Wildman–Crippen LogP) is 3.84. The average molecular weight is 379 g/mol. The number of anilines is 1. The fraction of sp³-hybridized carbons (Fsp3) is 0.125. The number of nitrogens with zero attached hydrogens (tertiary/aromatic N) is 1. The van der Waals surface area contributed by atoms with Crippen molar-refractivity contribution in [1.82, 2.24) is 4.98 Å². The summed E-state index contributed by atoms with van der Waals surface area (Å²) in [4.78, 5) is 18.6. The molecule has 0 bridgehead atoms. The maximum atomic E-state index is 12.5. The van der Waals surface area contributed by atoms with Gasteiger partial charge in [-0.05, 0) is 36.6 Å². The predicted molar refractivity (Wildman–Crippen MR) is 97.7 cm³/mol. The van der Waals surface area contributed by atoms with Gasteiger partial charge in [0.1, 0.15) is 9.88 Å². The van der Waals surface area contributed by atoms with Crippen LogP contribution in [-0.4, -0.2) is 25.6 Å². The number of aromatic nitrogens is 1. The molecule has 2 aromatic heterocycles. The van der Waals surface area contributed by atoms with E-state index < -0.39 is 9.84 Å². The Balaban J connectivity index is 1.86. The third-order valence-corrected chi connectivity index (χ3v) is 6.56. The summed E-state index contributed by atoms with van der Waals surface area (Å²) in [6, 6.07) is 10.1. The SMILES string of the molecule is Cc1nc(-c2cccs2)sc1C(=O)Nc1cccc(S(C)(=O)=O)c1. The average Bonchev–Trinajstić information content (AvgIpc) is 3.15. The molecule has 124 valence electrons. The highest BCUT2D eigenvalue weighted by Crippen LogP contribution is 2.31. The first-order valence-electron chi connectivity index (χ1n) is 6.97. The van der Waals surface area contributed by atoms with Gasteiger partial charge in [0.15, 0.2) is 9.84 Å². The Bertz CT molecular complexity index is 990. The maximum Gasteiger partial charge on any atom is 0.267 e. The third kappa shape index (κ3) is 3.55. The van der Waals surface area contributed by atoms with Crippen molar-refractivity contribution in [2.75, 3.05) is 11.6 Å². The zero-order valence-electron chi connectivity index (χ0n) is 12.9. The van der Waals surface area contributed by atoms with Gasteiger partial charge >= 0.3 is 0 Å². The molecule has 0 aliphatic heterocycles. The molecule has 0 atom stereocenters. The lowest BCUT2D eigenvalue weighted by atomic mass is 10.3. The lowest BCUT2D eigenvalue weighted by molar-refractivity contribution is 0.103. The van der Waals surface area contributed by atoms with Crippen LogP contribution in [0.5, 0.6) is 0 Å².